The van der Waals surface area contributed by atoms with Crippen molar-refractivity contribution in [3.05, 3.63) is 0 Å². The fourth-order valence-electron chi connectivity index (χ4n) is 1.77. The summed E-state index contributed by atoms with van der Waals surface area (Å²) in [5.41, 5.74) is 0. The molecule has 1 N–H and O–H groups in total. The number of hydrogen-bond donors (Lipinski definition) is 1. The first-order valence-corrected chi connectivity index (χ1v) is 7.10. The molecule has 0 amide bonds. The molecule has 0 fully saturated rings. The summed E-state index contributed by atoms with van der Waals surface area (Å²) >= 11 is 0. The number of likely N-dealkylation sites (N-methyl/N-ethyl adjacent to an activating group) is 1. The number of ether oxygens (including phenoxy) is 1. The van der Waals surface area contributed by atoms with Crippen molar-refractivity contribution >= 4 is 0 Å². The van der Waals surface area contributed by atoms with Gasteiger partial charge in [0.15, 0.2) is 0 Å². The van der Waals surface area contributed by atoms with Crippen LogP contribution in [0.25, 0.3) is 0 Å². The molecule has 0 aliphatic heterocycles. The first-order chi connectivity index (χ1) is 8.06. The molecule has 0 unspecified atom stereocenters. The second-order valence-corrected chi connectivity index (χ2v) is 5.31. The standard InChI is InChI=1S/C14H32N2O/c1-6-16(12-13(2)3)10-9-15-8-7-11-17-14(4)5/h13-15H,6-12H2,1-5H3. The number of hydrogen-bond acceptors (Lipinski definition) is 3. The van der Waals surface area contributed by atoms with Gasteiger partial charge < -0.3 is 15.0 Å². The smallest absolute Gasteiger partial charge is 0.0518 e. The van der Waals surface area contributed by atoms with E-state index in [-0.39, 0.29) is 0 Å². The van der Waals surface area contributed by atoms with Gasteiger partial charge in [-0.05, 0) is 39.3 Å². The Morgan fingerprint density at radius 2 is 1.82 bits per heavy atom. The third-order valence-electron chi connectivity index (χ3n) is 2.62. The van der Waals surface area contributed by atoms with E-state index in [1.54, 1.807) is 0 Å². The van der Waals surface area contributed by atoms with E-state index in [1.807, 2.05) is 0 Å². The summed E-state index contributed by atoms with van der Waals surface area (Å²) in [5.74, 6) is 0.759. The van der Waals surface area contributed by atoms with E-state index in [4.69, 9.17) is 4.74 Å². The molecule has 0 aliphatic rings. The lowest BCUT2D eigenvalue weighted by atomic mass is 10.2. The molecule has 0 aromatic rings. The molecule has 0 saturated heterocycles. The van der Waals surface area contributed by atoms with Gasteiger partial charge in [-0.1, -0.05) is 20.8 Å². The average molecular weight is 244 g/mol. The van der Waals surface area contributed by atoms with Crippen molar-refractivity contribution in [3.63, 3.8) is 0 Å². The van der Waals surface area contributed by atoms with E-state index >= 15 is 0 Å². The van der Waals surface area contributed by atoms with Gasteiger partial charge in [0.05, 0.1) is 6.10 Å². The van der Waals surface area contributed by atoms with Gasteiger partial charge in [0, 0.05) is 26.2 Å². The van der Waals surface area contributed by atoms with Gasteiger partial charge in [-0.3, -0.25) is 0 Å². The van der Waals surface area contributed by atoms with Crippen LogP contribution < -0.4 is 5.32 Å². The normalized spacial score (nSPS) is 12.0. The van der Waals surface area contributed by atoms with Crippen LogP contribution in [-0.4, -0.2) is 50.3 Å². The first-order valence-electron chi connectivity index (χ1n) is 7.10. The Kier molecular flexibility index (Phi) is 10.9. The lowest BCUT2D eigenvalue weighted by Crippen LogP contribution is -2.35. The van der Waals surface area contributed by atoms with Crippen LogP contribution in [0.3, 0.4) is 0 Å². The van der Waals surface area contributed by atoms with Gasteiger partial charge in [-0.2, -0.15) is 0 Å². The molecule has 0 bridgehead atoms. The van der Waals surface area contributed by atoms with Crippen LogP contribution in [-0.2, 0) is 4.74 Å². The summed E-state index contributed by atoms with van der Waals surface area (Å²) in [6.07, 6.45) is 1.46. The highest BCUT2D eigenvalue weighted by molar-refractivity contribution is 4.60. The molecule has 0 aromatic heterocycles. The van der Waals surface area contributed by atoms with Crippen LogP contribution in [0.1, 0.15) is 41.0 Å². The molecule has 104 valence electrons. The predicted molar refractivity (Wildman–Crippen MR) is 75.5 cm³/mol. The van der Waals surface area contributed by atoms with Gasteiger partial charge in [0.25, 0.3) is 0 Å². The van der Waals surface area contributed by atoms with E-state index < -0.39 is 0 Å². The third kappa shape index (κ3) is 12.1. The molecule has 3 heteroatoms. The quantitative estimate of drug-likeness (QED) is 0.565. The Labute approximate surface area is 108 Å². The summed E-state index contributed by atoms with van der Waals surface area (Å²) in [7, 11) is 0. The second kappa shape index (κ2) is 11.0. The van der Waals surface area contributed by atoms with Gasteiger partial charge in [0.2, 0.25) is 0 Å². The maximum absolute atomic E-state index is 5.49. The predicted octanol–water partition coefficient (Wildman–Crippen LogP) is 2.37. The average Bonchev–Trinajstić information content (AvgIpc) is 2.25. The summed E-state index contributed by atoms with van der Waals surface area (Å²) in [6, 6.07) is 0. The molecular weight excluding hydrogens is 212 g/mol. The van der Waals surface area contributed by atoms with E-state index in [1.165, 1.54) is 6.54 Å². The minimum absolute atomic E-state index is 0.358. The van der Waals surface area contributed by atoms with E-state index in [0.29, 0.717) is 6.10 Å². The molecule has 0 aromatic carbocycles. The lowest BCUT2D eigenvalue weighted by molar-refractivity contribution is 0.0770. The van der Waals surface area contributed by atoms with Crippen molar-refractivity contribution in [2.45, 2.75) is 47.1 Å². The largest absolute Gasteiger partial charge is 0.379 e. The summed E-state index contributed by atoms with van der Waals surface area (Å²) in [4.78, 5) is 2.50. The Morgan fingerprint density at radius 1 is 1.12 bits per heavy atom. The Bertz CT molecular complexity index is 160. The zero-order valence-corrected chi connectivity index (χ0v) is 12.5. The van der Waals surface area contributed by atoms with Crippen molar-refractivity contribution < 1.29 is 4.74 Å². The van der Waals surface area contributed by atoms with Crippen LogP contribution in [0.5, 0.6) is 0 Å². The third-order valence-corrected chi connectivity index (χ3v) is 2.62. The molecule has 0 spiro atoms. The van der Waals surface area contributed by atoms with E-state index in [2.05, 4.69) is 44.8 Å². The summed E-state index contributed by atoms with van der Waals surface area (Å²) < 4.78 is 5.49. The van der Waals surface area contributed by atoms with Crippen LogP contribution in [0.4, 0.5) is 0 Å². The fourth-order valence-corrected chi connectivity index (χ4v) is 1.77. The fraction of sp³-hybridized carbons (Fsp3) is 1.00. The van der Waals surface area contributed by atoms with Gasteiger partial charge in [0.1, 0.15) is 0 Å². The van der Waals surface area contributed by atoms with Crippen LogP contribution in [0.2, 0.25) is 0 Å². The molecule has 0 saturated carbocycles. The molecule has 0 rings (SSSR count). The first kappa shape index (κ1) is 16.9. The summed E-state index contributed by atoms with van der Waals surface area (Å²) in [6.45, 7) is 17.5. The van der Waals surface area contributed by atoms with Crippen molar-refractivity contribution in [2.24, 2.45) is 5.92 Å². The number of rotatable bonds is 11. The van der Waals surface area contributed by atoms with Crippen molar-refractivity contribution in [2.75, 3.05) is 39.3 Å². The van der Waals surface area contributed by atoms with Crippen molar-refractivity contribution in [1.82, 2.24) is 10.2 Å². The monoisotopic (exact) mass is 244 g/mol. The van der Waals surface area contributed by atoms with Crippen molar-refractivity contribution in [3.8, 4) is 0 Å². The maximum Gasteiger partial charge on any atom is 0.0518 e. The number of nitrogens with zero attached hydrogens (tertiary/aromatic N) is 1. The minimum atomic E-state index is 0.358. The second-order valence-electron chi connectivity index (χ2n) is 5.31. The highest BCUT2D eigenvalue weighted by Gasteiger charge is 2.03. The maximum atomic E-state index is 5.49. The van der Waals surface area contributed by atoms with Gasteiger partial charge >= 0.3 is 0 Å². The lowest BCUT2D eigenvalue weighted by Gasteiger charge is -2.22. The topological polar surface area (TPSA) is 24.5 Å². The molecular formula is C14H32N2O. The van der Waals surface area contributed by atoms with E-state index in [0.717, 1.165) is 45.1 Å². The molecule has 0 radical (unpaired) electrons. The highest BCUT2D eigenvalue weighted by Crippen LogP contribution is 1.97. The molecule has 0 heterocycles. The van der Waals surface area contributed by atoms with Gasteiger partial charge in [-0.15, -0.1) is 0 Å². The van der Waals surface area contributed by atoms with Crippen LogP contribution in [0, 0.1) is 5.92 Å². The molecule has 3 nitrogen and oxygen atoms in total. The highest BCUT2D eigenvalue weighted by atomic mass is 16.5. The molecule has 0 aliphatic carbocycles. The Hall–Kier alpha value is -0.120. The van der Waals surface area contributed by atoms with E-state index in [9.17, 15) is 0 Å². The zero-order valence-electron chi connectivity index (χ0n) is 12.5. The minimum Gasteiger partial charge on any atom is -0.379 e. The summed E-state index contributed by atoms with van der Waals surface area (Å²) in [5, 5.41) is 3.48. The van der Waals surface area contributed by atoms with Crippen LogP contribution >= 0.6 is 0 Å². The SMILES string of the molecule is CCN(CCNCCCOC(C)C)CC(C)C. The molecule has 0 atom stereocenters. The van der Waals surface area contributed by atoms with Gasteiger partial charge in [-0.25, -0.2) is 0 Å². The zero-order chi connectivity index (χ0) is 13.1. The number of nitrogens with one attached hydrogen (secondary N) is 1. The van der Waals surface area contributed by atoms with Crippen LogP contribution in [0.15, 0.2) is 0 Å². The van der Waals surface area contributed by atoms with Crippen molar-refractivity contribution in [1.29, 1.82) is 0 Å². The Morgan fingerprint density at radius 3 is 2.35 bits per heavy atom. The Balaban J connectivity index is 3.31. The molecule has 17 heavy (non-hydrogen) atoms.